The lowest BCUT2D eigenvalue weighted by molar-refractivity contribution is 0.251. The van der Waals surface area contributed by atoms with Gasteiger partial charge in [0.25, 0.3) is 0 Å². The van der Waals surface area contributed by atoms with Crippen LogP contribution in [-0.4, -0.2) is 24.3 Å². The van der Waals surface area contributed by atoms with Crippen LogP contribution in [0.4, 0.5) is 10.5 Å². The Balaban J connectivity index is 2.43. The first kappa shape index (κ1) is 15.0. The molecule has 0 aromatic heterocycles. The van der Waals surface area contributed by atoms with E-state index in [1.807, 2.05) is 0 Å². The van der Waals surface area contributed by atoms with E-state index in [9.17, 15) is 4.79 Å². The number of carbonyl (C=O) groups is 1. The number of nitrogens with one attached hydrogen (secondary N) is 2. The first-order valence-corrected chi connectivity index (χ1v) is 6.34. The number of rotatable bonds is 6. The Morgan fingerprint density at radius 1 is 1.37 bits per heavy atom. The van der Waals surface area contributed by atoms with Crippen molar-refractivity contribution in [1.82, 2.24) is 5.32 Å². The van der Waals surface area contributed by atoms with Crippen molar-refractivity contribution in [1.29, 1.82) is 5.26 Å². The van der Waals surface area contributed by atoms with Gasteiger partial charge in [-0.1, -0.05) is 6.07 Å². The molecular weight excluding hydrogens is 242 g/mol. The fraction of sp³-hybridized carbons (Fsp3) is 0.429. The summed E-state index contributed by atoms with van der Waals surface area (Å²) in [7, 11) is 0. The number of anilines is 1. The number of nitriles is 1. The van der Waals surface area contributed by atoms with Crippen LogP contribution in [0, 0.1) is 18.3 Å². The molecule has 2 amide bonds. The van der Waals surface area contributed by atoms with Gasteiger partial charge in [-0.15, -0.1) is 0 Å². The van der Waals surface area contributed by atoms with Gasteiger partial charge in [-0.3, -0.25) is 0 Å². The van der Waals surface area contributed by atoms with Gasteiger partial charge >= 0.3 is 6.03 Å². The van der Waals surface area contributed by atoms with E-state index in [1.54, 1.807) is 25.1 Å². The monoisotopic (exact) mass is 261 g/mol. The van der Waals surface area contributed by atoms with Gasteiger partial charge in [-0.2, -0.15) is 5.26 Å². The summed E-state index contributed by atoms with van der Waals surface area (Å²) in [5.74, 6) is 0. The molecule has 0 saturated heterocycles. The highest BCUT2D eigenvalue weighted by atomic mass is 16.2. The van der Waals surface area contributed by atoms with Crippen molar-refractivity contribution in [3.63, 3.8) is 0 Å². The van der Waals surface area contributed by atoms with E-state index in [1.165, 1.54) is 0 Å². The van der Waals surface area contributed by atoms with E-state index >= 15 is 0 Å². The van der Waals surface area contributed by atoms with Crippen LogP contribution in [0.2, 0.25) is 0 Å². The van der Waals surface area contributed by atoms with E-state index in [4.69, 9.17) is 10.4 Å². The summed E-state index contributed by atoms with van der Waals surface area (Å²) in [5.41, 5.74) is 1.97. The van der Waals surface area contributed by atoms with Crippen molar-refractivity contribution in [2.45, 2.75) is 26.2 Å². The largest absolute Gasteiger partial charge is 0.396 e. The third kappa shape index (κ3) is 4.98. The predicted molar refractivity (Wildman–Crippen MR) is 73.9 cm³/mol. The number of benzene rings is 1. The minimum Gasteiger partial charge on any atom is -0.396 e. The Morgan fingerprint density at radius 2 is 2.16 bits per heavy atom. The van der Waals surface area contributed by atoms with Gasteiger partial charge in [-0.25, -0.2) is 4.79 Å². The van der Waals surface area contributed by atoms with Crippen LogP contribution in [0.1, 0.15) is 30.4 Å². The minimum absolute atomic E-state index is 0.187. The Labute approximate surface area is 113 Å². The molecule has 0 heterocycles. The van der Waals surface area contributed by atoms with Gasteiger partial charge in [0.2, 0.25) is 0 Å². The summed E-state index contributed by atoms with van der Waals surface area (Å²) in [5, 5.41) is 23.0. The number of amides is 2. The van der Waals surface area contributed by atoms with Crippen LogP contribution in [0.25, 0.3) is 0 Å². The highest BCUT2D eigenvalue weighted by molar-refractivity contribution is 5.90. The molecule has 0 saturated carbocycles. The van der Waals surface area contributed by atoms with Crippen molar-refractivity contribution >= 4 is 11.7 Å². The molecule has 0 aliphatic carbocycles. The normalized spacial score (nSPS) is 9.74. The van der Waals surface area contributed by atoms with Gasteiger partial charge in [0.1, 0.15) is 0 Å². The molecule has 0 bridgehead atoms. The van der Waals surface area contributed by atoms with E-state index in [0.717, 1.165) is 24.8 Å². The number of aliphatic hydroxyl groups excluding tert-OH is 1. The summed E-state index contributed by atoms with van der Waals surface area (Å²) < 4.78 is 0. The number of hydrogen-bond acceptors (Lipinski definition) is 3. The second-order valence-electron chi connectivity index (χ2n) is 4.26. The molecule has 0 aliphatic heterocycles. The van der Waals surface area contributed by atoms with Crippen LogP contribution >= 0.6 is 0 Å². The van der Waals surface area contributed by atoms with E-state index < -0.39 is 0 Å². The molecule has 0 aliphatic rings. The Kier molecular flexibility index (Phi) is 6.41. The molecule has 0 radical (unpaired) electrons. The smallest absolute Gasteiger partial charge is 0.319 e. The summed E-state index contributed by atoms with van der Waals surface area (Å²) in [4.78, 5) is 11.6. The Morgan fingerprint density at radius 3 is 2.84 bits per heavy atom. The van der Waals surface area contributed by atoms with Crippen LogP contribution in [0.5, 0.6) is 0 Å². The van der Waals surface area contributed by atoms with Crippen molar-refractivity contribution in [2.75, 3.05) is 18.5 Å². The zero-order chi connectivity index (χ0) is 14.1. The Hall–Kier alpha value is -2.06. The summed E-state index contributed by atoms with van der Waals surface area (Å²) in [6.45, 7) is 2.56. The molecular formula is C14H19N3O2. The molecule has 0 atom stereocenters. The second-order valence-corrected chi connectivity index (χ2v) is 4.26. The first-order valence-electron chi connectivity index (χ1n) is 6.34. The standard InChI is InChI=1S/C14H19N3O2/c1-11-12(10-15)6-5-7-13(11)17-14(19)16-8-3-2-4-9-18/h5-7,18H,2-4,8-9H2,1H3,(H2,16,17,19). The average molecular weight is 261 g/mol. The topological polar surface area (TPSA) is 85.2 Å². The fourth-order valence-electron chi connectivity index (χ4n) is 1.67. The molecule has 5 nitrogen and oxygen atoms in total. The third-order valence-corrected chi connectivity index (χ3v) is 2.82. The maximum atomic E-state index is 11.6. The van der Waals surface area contributed by atoms with Crippen LogP contribution in [0.3, 0.4) is 0 Å². The zero-order valence-corrected chi connectivity index (χ0v) is 11.1. The highest BCUT2D eigenvalue weighted by Gasteiger charge is 2.06. The van der Waals surface area contributed by atoms with Gasteiger partial charge in [-0.05, 0) is 43.9 Å². The third-order valence-electron chi connectivity index (χ3n) is 2.82. The molecule has 1 rings (SSSR count). The molecule has 0 fully saturated rings. The summed E-state index contributed by atoms with van der Waals surface area (Å²) >= 11 is 0. The summed E-state index contributed by atoms with van der Waals surface area (Å²) in [6, 6.07) is 7.02. The van der Waals surface area contributed by atoms with Gasteiger partial charge in [0.05, 0.1) is 11.6 Å². The predicted octanol–water partition coefficient (Wildman–Crippen LogP) is 2.15. The molecule has 1 aromatic rings. The number of carbonyl (C=O) groups excluding carboxylic acids is 1. The number of aliphatic hydroxyl groups is 1. The fourth-order valence-corrected chi connectivity index (χ4v) is 1.67. The average Bonchev–Trinajstić information content (AvgIpc) is 2.41. The minimum atomic E-state index is -0.276. The molecule has 0 unspecified atom stereocenters. The molecule has 102 valence electrons. The van der Waals surface area contributed by atoms with Crippen LogP contribution < -0.4 is 10.6 Å². The molecule has 3 N–H and O–H groups in total. The quantitative estimate of drug-likeness (QED) is 0.686. The number of urea groups is 1. The highest BCUT2D eigenvalue weighted by Crippen LogP contribution is 2.17. The first-order chi connectivity index (χ1) is 9.19. The second kappa shape index (κ2) is 8.11. The lowest BCUT2D eigenvalue weighted by atomic mass is 10.1. The molecule has 19 heavy (non-hydrogen) atoms. The SMILES string of the molecule is Cc1c(C#N)cccc1NC(=O)NCCCCCO. The van der Waals surface area contributed by atoms with Crippen molar-refractivity contribution in [3.8, 4) is 6.07 Å². The number of nitrogens with zero attached hydrogens (tertiary/aromatic N) is 1. The van der Waals surface area contributed by atoms with Gasteiger partial charge in [0.15, 0.2) is 0 Å². The Bertz CT molecular complexity index is 466. The lowest BCUT2D eigenvalue weighted by Crippen LogP contribution is -2.29. The maximum absolute atomic E-state index is 11.6. The summed E-state index contributed by atoms with van der Waals surface area (Å²) in [6.07, 6.45) is 2.48. The zero-order valence-electron chi connectivity index (χ0n) is 11.1. The number of unbranched alkanes of at least 4 members (excludes halogenated alkanes) is 2. The molecule has 5 heteroatoms. The van der Waals surface area contributed by atoms with Gasteiger partial charge in [0, 0.05) is 18.8 Å². The van der Waals surface area contributed by atoms with Crippen LogP contribution in [-0.2, 0) is 0 Å². The number of hydrogen-bond donors (Lipinski definition) is 3. The maximum Gasteiger partial charge on any atom is 0.319 e. The van der Waals surface area contributed by atoms with E-state index in [2.05, 4.69) is 16.7 Å². The van der Waals surface area contributed by atoms with Crippen molar-refractivity contribution in [2.24, 2.45) is 0 Å². The molecule has 1 aromatic carbocycles. The van der Waals surface area contributed by atoms with E-state index in [-0.39, 0.29) is 12.6 Å². The van der Waals surface area contributed by atoms with Crippen molar-refractivity contribution in [3.05, 3.63) is 29.3 Å². The molecule has 0 spiro atoms. The lowest BCUT2D eigenvalue weighted by Gasteiger charge is -2.10. The van der Waals surface area contributed by atoms with Gasteiger partial charge < -0.3 is 15.7 Å². The van der Waals surface area contributed by atoms with Crippen LogP contribution in [0.15, 0.2) is 18.2 Å². The van der Waals surface area contributed by atoms with Crippen molar-refractivity contribution < 1.29 is 9.90 Å². The van der Waals surface area contributed by atoms with E-state index in [0.29, 0.717) is 17.8 Å².